The average Bonchev–Trinajstić information content (AvgIpc) is 2.71. The van der Waals surface area contributed by atoms with Gasteiger partial charge in [-0.1, -0.05) is 20.8 Å². The number of hydrogen-bond acceptors (Lipinski definition) is 4. The molecule has 0 aliphatic carbocycles. The van der Waals surface area contributed by atoms with E-state index in [0.29, 0.717) is 17.0 Å². The van der Waals surface area contributed by atoms with Gasteiger partial charge in [0.2, 0.25) is 5.91 Å². The molecule has 0 saturated carbocycles. The lowest BCUT2D eigenvalue weighted by Gasteiger charge is -2.33. The van der Waals surface area contributed by atoms with Crippen LogP contribution in [0.4, 0.5) is 0 Å². The van der Waals surface area contributed by atoms with E-state index in [0.717, 1.165) is 6.42 Å². The van der Waals surface area contributed by atoms with Crippen LogP contribution in [-0.2, 0) is 16.0 Å². The van der Waals surface area contributed by atoms with Crippen molar-refractivity contribution in [2.75, 3.05) is 7.11 Å². The van der Waals surface area contributed by atoms with Crippen LogP contribution in [0, 0.1) is 12.3 Å². The highest BCUT2D eigenvalue weighted by Crippen LogP contribution is 2.27. The first-order chi connectivity index (χ1) is 11.3. The first kappa shape index (κ1) is 20.9. The summed E-state index contributed by atoms with van der Waals surface area (Å²) in [5.41, 5.74) is 1.19. The lowest BCUT2D eigenvalue weighted by Crippen LogP contribution is -2.46. The molecule has 1 rings (SSSR count). The van der Waals surface area contributed by atoms with Crippen LogP contribution in [0.1, 0.15) is 80.1 Å². The molecule has 0 aromatic carbocycles. The number of carbonyl (C=O) groups is 3. The number of nitrogens with one attached hydrogen (secondary N) is 2. The third kappa shape index (κ3) is 5.73. The number of carbonyl (C=O) groups excluding carboxylic acids is 3. The quantitative estimate of drug-likeness (QED) is 0.609. The van der Waals surface area contributed by atoms with Crippen molar-refractivity contribution in [1.82, 2.24) is 10.3 Å². The summed E-state index contributed by atoms with van der Waals surface area (Å²) in [5.74, 6) is -0.962. The summed E-state index contributed by atoms with van der Waals surface area (Å²) in [6, 6.07) is 0. The summed E-state index contributed by atoms with van der Waals surface area (Å²) in [6.07, 6.45) is 0.782. The number of ketones is 1. The molecular formula is C19H30N2O4. The van der Waals surface area contributed by atoms with Gasteiger partial charge in [-0.3, -0.25) is 9.59 Å². The molecule has 0 aliphatic rings. The van der Waals surface area contributed by atoms with Gasteiger partial charge in [-0.25, -0.2) is 4.79 Å². The third-order valence-corrected chi connectivity index (χ3v) is 3.86. The molecule has 0 bridgehead atoms. The number of hydrogen-bond donors (Lipinski definition) is 2. The van der Waals surface area contributed by atoms with Gasteiger partial charge in [-0.15, -0.1) is 0 Å². The van der Waals surface area contributed by atoms with Crippen LogP contribution >= 0.6 is 0 Å². The van der Waals surface area contributed by atoms with Gasteiger partial charge in [-0.05, 0) is 38.2 Å². The van der Waals surface area contributed by atoms with E-state index in [1.807, 2.05) is 13.8 Å². The highest BCUT2D eigenvalue weighted by Gasteiger charge is 2.29. The molecule has 1 amide bonds. The number of Topliss-reactive ketones (excluding diaryl/α,β-unsaturated/α-hetero) is 1. The van der Waals surface area contributed by atoms with Gasteiger partial charge < -0.3 is 15.0 Å². The van der Waals surface area contributed by atoms with E-state index >= 15 is 0 Å². The number of H-pyrrole nitrogens is 1. The van der Waals surface area contributed by atoms with Gasteiger partial charge in [0.1, 0.15) is 0 Å². The summed E-state index contributed by atoms with van der Waals surface area (Å²) in [7, 11) is 1.28. The fraction of sp³-hybridized carbons (Fsp3) is 0.632. The lowest BCUT2D eigenvalue weighted by atomic mass is 9.81. The molecule has 0 unspecified atom stereocenters. The number of rotatable bonds is 6. The molecule has 0 radical (unpaired) electrons. The van der Waals surface area contributed by atoms with Crippen molar-refractivity contribution in [2.24, 2.45) is 5.41 Å². The maximum atomic E-state index is 12.5. The standard InChI is InChI=1S/C19H30N2O4/c1-11-15(17(24)25-8)13(20-16(11)12(2)22)9-14(23)21-19(6,7)10-18(3,4)5/h20H,9-10H2,1-8H3,(H,21,23). The molecule has 1 aromatic rings. The van der Waals surface area contributed by atoms with E-state index < -0.39 is 5.97 Å². The van der Waals surface area contributed by atoms with Crippen LogP contribution in [0.25, 0.3) is 0 Å². The lowest BCUT2D eigenvalue weighted by molar-refractivity contribution is -0.122. The fourth-order valence-electron chi connectivity index (χ4n) is 3.47. The zero-order chi connectivity index (χ0) is 19.6. The number of esters is 1. The van der Waals surface area contributed by atoms with Crippen molar-refractivity contribution in [3.8, 4) is 0 Å². The maximum Gasteiger partial charge on any atom is 0.339 e. The highest BCUT2D eigenvalue weighted by atomic mass is 16.5. The molecule has 140 valence electrons. The predicted octanol–water partition coefficient (Wildman–Crippen LogP) is 3.19. The van der Waals surface area contributed by atoms with Crippen molar-refractivity contribution in [3.05, 3.63) is 22.5 Å². The molecule has 0 saturated heterocycles. The Balaban J connectivity index is 3.06. The van der Waals surface area contributed by atoms with Crippen LogP contribution in [-0.4, -0.2) is 35.3 Å². The molecule has 1 heterocycles. The van der Waals surface area contributed by atoms with Gasteiger partial charge in [0.15, 0.2) is 5.78 Å². The number of aromatic amines is 1. The molecule has 2 N–H and O–H groups in total. The van der Waals surface area contributed by atoms with Gasteiger partial charge in [0, 0.05) is 18.2 Å². The van der Waals surface area contributed by atoms with E-state index in [1.54, 1.807) is 6.92 Å². The highest BCUT2D eigenvalue weighted by molar-refractivity contribution is 6.01. The number of ether oxygens (including phenoxy) is 1. The molecular weight excluding hydrogens is 320 g/mol. The Bertz CT molecular complexity index is 678. The molecule has 6 nitrogen and oxygen atoms in total. The van der Waals surface area contributed by atoms with Gasteiger partial charge in [0.05, 0.1) is 24.8 Å². The van der Waals surface area contributed by atoms with Crippen molar-refractivity contribution in [3.63, 3.8) is 0 Å². The Morgan fingerprint density at radius 2 is 1.68 bits per heavy atom. The molecule has 0 aliphatic heterocycles. The molecule has 25 heavy (non-hydrogen) atoms. The Hall–Kier alpha value is -2.11. The van der Waals surface area contributed by atoms with E-state index in [2.05, 4.69) is 31.1 Å². The second-order valence-corrected chi connectivity index (χ2v) is 8.37. The minimum Gasteiger partial charge on any atom is -0.465 e. The van der Waals surface area contributed by atoms with Crippen molar-refractivity contribution in [1.29, 1.82) is 0 Å². The molecule has 1 aromatic heterocycles. The summed E-state index contributed by atoms with van der Waals surface area (Å²) in [5, 5.41) is 3.01. The van der Waals surface area contributed by atoms with Crippen molar-refractivity contribution >= 4 is 17.7 Å². The number of methoxy groups -OCH3 is 1. The van der Waals surface area contributed by atoms with Crippen LogP contribution in [0.3, 0.4) is 0 Å². The summed E-state index contributed by atoms with van der Waals surface area (Å²) in [4.78, 5) is 39.2. The zero-order valence-corrected chi connectivity index (χ0v) is 16.5. The Kier molecular flexibility index (Phi) is 6.21. The first-order valence-corrected chi connectivity index (χ1v) is 8.39. The van der Waals surface area contributed by atoms with Crippen molar-refractivity contribution in [2.45, 2.75) is 66.8 Å². The largest absolute Gasteiger partial charge is 0.465 e. The zero-order valence-electron chi connectivity index (χ0n) is 16.5. The number of amides is 1. The van der Waals surface area contributed by atoms with E-state index in [-0.39, 0.29) is 34.6 Å². The van der Waals surface area contributed by atoms with Crippen LogP contribution in [0.15, 0.2) is 0 Å². The normalized spacial score (nSPS) is 12.0. The van der Waals surface area contributed by atoms with Crippen LogP contribution in [0.5, 0.6) is 0 Å². The minimum atomic E-state index is -0.557. The third-order valence-electron chi connectivity index (χ3n) is 3.86. The summed E-state index contributed by atoms with van der Waals surface area (Å²) < 4.78 is 4.80. The molecule has 0 fully saturated rings. The molecule has 6 heteroatoms. The molecule has 0 atom stereocenters. The Morgan fingerprint density at radius 3 is 2.12 bits per heavy atom. The van der Waals surface area contributed by atoms with Gasteiger partial charge in [0.25, 0.3) is 0 Å². The van der Waals surface area contributed by atoms with E-state index in [1.165, 1.54) is 14.0 Å². The van der Waals surface area contributed by atoms with E-state index in [9.17, 15) is 14.4 Å². The van der Waals surface area contributed by atoms with Crippen LogP contribution in [0.2, 0.25) is 0 Å². The second kappa shape index (κ2) is 7.42. The fourth-order valence-corrected chi connectivity index (χ4v) is 3.47. The topological polar surface area (TPSA) is 88.3 Å². The summed E-state index contributed by atoms with van der Waals surface area (Å²) >= 11 is 0. The van der Waals surface area contributed by atoms with E-state index in [4.69, 9.17) is 4.74 Å². The van der Waals surface area contributed by atoms with Crippen LogP contribution < -0.4 is 5.32 Å². The smallest absolute Gasteiger partial charge is 0.339 e. The number of aromatic nitrogens is 1. The Morgan fingerprint density at radius 1 is 1.12 bits per heavy atom. The van der Waals surface area contributed by atoms with Gasteiger partial charge >= 0.3 is 5.97 Å². The van der Waals surface area contributed by atoms with Crippen molar-refractivity contribution < 1.29 is 19.1 Å². The first-order valence-electron chi connectivity index (χ1n) is 8.39. The monoisotopic (exact) mass is 350 g/mol. The maximum absolute atomic E-state index is 12.5. The van der Waals surface area contributed by atoms with Gasteiger partial charge in [-0.2, -0.15) is 0 Å². The second-order valence-electron chi connectivity index (χ2n) is 8.37. The summed E-state index contributed by atoms with van der Waals surface area (Å²) in [6.45, 7) is 13.4. The Labute approximate surface area is 149 Å². The SMILES string of the molecule is COC(=O)c1c(CC(=O)NC(C)(C)CC(C)(C)C)[nH]c(C(C)=O)c1C. The molecule has 0 spiro atoms. The minimum absolute atomic E-state index is 0.0217. The average molecular weight is 350 g/mol. The predicted molar refractivity (Wildman–Crippen MR) is 96.9 cm³/mol.